The van der Waals surface area contributed by atoms with Crippen molar-refractivity contribution in [3.63, 3.8) is 0 Å². The van der Waals surface area contributed by atoms with Crippen LogP contribution in [0.3, 0.4) is 0 Å². The maximum Gasteiger partial charge on any atom is 0.259 e. The molecule has 12 heteroatoms. The molecule has 0 radical (unpaired) electrons. The van der Waals surface area contributed by atoms with E-state index in [0.717, 1.165) is 22.2 Å². The first-order valence-corrected chi connectivity index (χ1v) is 17.1. The van der Waals surface area contributed by atoms with Crippen LogP contribution in [0.1, 0.15) is 28.0 Å². The largest absolute Gasteiger partial charge is 0.487 e. The molecule has 5 rings (SSSR count). The van der Waals surface area contributed by atoms with E-state index in [1.165, 1.54) is 36.3 Å². The highest BCUT2D eigenvalue weighted by Crippen LogP contribution is 2.32. The molecule has 0 spiro atoms. The zero-order valence-electron chi connectivity index (χ0n) is 26.2. The van der Waals surface area contributed by atoms with Crippen LogP contribution < -0.4 is 20.1 Å². The van der Waals surface area contributed by atoms with E-state index in [4.69, 9.17) is 31.5 Å². The lowest BCUT2D eigenvalue weighted by atomic mass is 10.1. The second-order valence-electron chi connectivity index (χ2n) is 10.9. The molecule has 248 valence electrons. The minimum Gasteiger partial charge on any atom is -0.487 e. The van der Waals surface area contributed by atoms with E-state index in [9.17, 15) is 18.0 Å². The zero-order valence-corrected chi connectivity index (χ0v) is 27.7. The summed E-state index contributed by atoms with van der Waals surface area (Å²) >= 11 is 5.91. The first-order chi connectivity index (χ1) is 23.1. The van der Waals surface area contributed by atoms with Crippen molar-refractivity contribution in [1.29, 1.82) is 0 Å². The number of halogens is 1. The molecule has 0 saturated carbocycles. The molecule has 2 amide bonds. The summed E-state index contributed by atoms with van der Waals surface area (Å²) in [5, 5.41) is 1.47. The van der Waals surface area contributed by atoms with Crippen molar-refractivity contribution >= 4 is 49.8 Å². The molecule has 4 aromatic carbocycles. The van der Waals surface area contributed by atoms with Gasteiger partial charge in [-0.3, -0.25) is 14.5 Å². The minimum absolute atomic E-state index is 0.0999. The van der Waals surface area contributed by atoms with Crippen LogP contribution in [0.4, 0.5) is 5.69 Å². The third-order valence-electron chi connectivity index (χ3n) is 7.38. The molecule has 0 saturated heterocycles. The molecule has 0 fully saturated rings. The van der Waals surface area contributed by atoms with Gasteiger partial charge in [-0.05, 0) is 85.1 Å². The number of nitrogens with two attached hydrogens (primary N) is 1. The van der Waals surface area contributed by atoms with Gasteiger partial charge in [-0.1, -0.05) is 48.0 Å². The lowest BCUT2D eigenvalue weighted by Gasteiger charge is -2.25. The van der Waals surface area contributed by atoms with Gasteiger partial charge in [-0.2, -0.15) is 0 Å². The maximum absolute atomic E-state index is 14.0. The highest BCUT2D eigenvalue weighted by atomic mass is 35.5. The van der Waals surface area contributed by atoms with Crippen molar-refractivity contribution in [2.45, 2.75) is 24.3 Å². The van der Waals surface area contributed by atoms with E-state index < -0.39 is 28.2 Å². The summed E-state index contributed by atoms with van der Waals surface area (Å²) < 4.78 is 42.5. The normalized spacial score (nSPS) is 11.3. The zero-order chi connectivity index (χ0) is 34.1. The molecule has 2 N–H and O–H groups in total. The van der Waals surface area contributed by atoms with E-state index in [1.807, 2.05) is 36.4 Å². The van der Waals surface area contributed by atoms with Gasteiger partial charge in [0.1, 0.15) is 24.7 Å². The Balaban J connectivity index is 1.36. The maximum atomic E-state index is 14.0. The monoisotopic (exact) mass is 687 g/mol. The van der Waals surface area contributed by atoms with Crippen LogP contribution in [0.25, 0.3) is 10.9 Å². The number of sulfone groups is 1. The molecule has 48 heavy (non-hydrogen) atoms. The van der Waals surface area contributed by atoms with Crippen LogP contribution in [0, 0.1) is 0 Å². The quantitative estimate of drug-likeness (QED) is 0.133. The first kappa shape index (κ1) is 34.4. The van der Waals surface area contributed by atoms with Crippen LogP contribution in [0.2, 0.25) is 5.02 Å². The molecule has 0 bridgehead atoms. The number of rotatable bonds is 15. The van der Waals surface area contributed by atoms with Gasteiger partial charge in [-0.15, -0.1) is 0 Å². The molecule has 10 nitrogen and oxygen atoms in total. The molecule has 1 aromatic heterocycles. The number of primary amides is 1. The summed E-state index contributed by atoms with van der Waals surface area (Å²) in [4.78, 5) is 32.3. The molecule has 0 aliphatic heterocycles. The number of aromatic nitrogens is 1. The van der Waals surface area contributed by atoms with Crippen LogP contribution in [0.15, 0.2) is 108 Å². The number of pyridine rings is 1. The number of hydrogen-bond acceptors (Lipinski definition) is 8. The summed E-state index contributed by atoms with van der Waals surface area (Å²) in [7, 11) is -2.08. The Morgan fingerprint density at radius 1 is 0.896 bits per heavy atom. The molecule has 1 heterocycles. The number of hydrogen-bond donors (Lipinski definition) is 1. The number of anilines is 1. The summed E-state index contributed by atoms with van der Waals surface area (Å²) in [5.74, 6) is -0.652. The molecule has 0 unspecified atom stereocenters. The number of para-hydroxylation sites is 1. The van der Waals surface area contributed by atoms with E-state index in [2.05, 4.69) is 4.98 Å². The summed E-state index contributed by atoms with van der Waals surface area (Å²) in [6.07, 6.45) is 0.674. The second-order valence-corrected chi connectivity index (χ2v) is 13.4. The Kier molecular flexibility index (Phi) is 11.3. The Labute approximate surface area is 283 Å². The minimum atomic E-state index is -3.54. The number of aryl methyl sites for hydroxylation is 1. The fourth-order valence-corrected chi connectivity index (χ4v) is 6.48. The van der Waals surface area contributed by atoms with Crippen LogP contribution in [0.5, 0.6) is 11.5 Å². The average molecular weight is 688 g/mol. The van der Waals surface area contributed by atoms with Gasteiger partial charge >= 0.3 is 0 Å². The van der Waals surface area contributed by atoms with Crippen molar-refractivity contribution in [2.75, 3.05) is 31.1 Å². The standard InChI is InChI=1S/C36H34ClN3O7S/c1-45-24-47-34-18-11-25(6-5-19-48(43,44)31-16-13-28(37)14-17-31)20-33(34)40(22-35(38)41)36(42)27-8-4-9-30(21-27)46-23-29-15-12-26-7-2-3-10-32(26)39-29/h2-4,7-18,20-21H,5-6,19,22-24H2,1H3,(H2,38,41). The Morgan fingerprint density at radius 3 is 2.46 bits per heavy atom. The van der Waals surface area contributed by atoms with Crippen molar-refractivity contribution in [1.82, 2.24) is 4.98 Å². The number of benzene rings is 4. The van der Waals surface area contributed by atoms with Gasteiger partial charge in [0.15, 0.2) is 16.6 Å². The second kappa shape index (κ2) is 15.7. The van der Waals surface area contributed by atoms with E-state index in [0.29, 0.717) is 23.6 Å². The van der Waals surface area contributed by atoms with Crippen LogP contribution in [-0.4, -0.2) is 51.4 Å². The predicted octanol–water partition coefficient (Wildman–Crippen LogP) is 5.99. The topological polar surface area (TPSA) is 138 Å². The molecule has 5 aromatic rings. The third kappa shape index (κ3) is 8.88. The summed E-state index contributed by atoms with van der Waals surface area (Å²) in [6.45, 7) is -0.378. The lowest BCUT2D eigenvalue weighted by Crippen LogP contribution is -2.39. The molecular formula is C36H34ClN3O7S. The van der Waals surface area contributed by atoms with Crippen LogP contribution >= 0.6 is 11.6 Å². The highest BCUT2D eigenvalue weighted by molar-refractivity contribution is 7.91. The summed E-state index contributed by atoms with van der Waals surface area (Å²) in [5.41, 5.74) is 8.42. The molecule has 0 aliphatic carbocycles. The predicted molar refractivity (Wildman–Crippen MR) is 184 cm³/mol. The van der Waals surface area contributed by atoms with Crippen molar-refractivity contribution in [3.05, 3.63) is 125 Å². The number of fused-ring (bicyclic) bond motifs is 1. The lowest BCUT2D eigenvalue weighted by molar-refractivity contribution is -0.116. The number of methoxy groups -OCH3 is 1. The van der Waals surface area contributed by atoms with Crippen molar-refractivity contribution in [3.8, 4) is 11.5 Å². The molecule has 0 atom stereocenters. The Hall–Kier alpha value is -4.97. The van der Waals surface area contributed by atoms with Gasteiger partial charge in [0, 0.05) is 23.1 Å². The number of nitrogens with zero attached hydrogens (tertiary/aromatic N) is 2. The van der Waals surface area contributed by atoms with Crippen LogP contribution in [-0.2, 0) is 32.4 Å². The van der Waals surface area contributed by atoms with Gasteiger partial charge in [0.2, 0.25) is 5.91 Å². The summed E-state index contributed by atoms with van der Waals surface area (Å²) in [6, 6.07) is 29.4. The smallest absolute Gasteiger partial charge is 0.259 e. The van der Waals surface area contributed by atoms with Gasteiger partial charge in [0.05, 0.1) is 27.5 Å². The Morgan fingerprint density at radius 2 is 1.69 bits per heavy atom. The molecular weight excluding hydrogens is 654 g/mol. The third-order valence-corrected chi connectivity index (χ3v) is 9.45. The van der Waals surface area contributed by atoms with E-state index in [1.54, 1.807) is 42.5 Å². The number of carbonyl (C=O) groups excluding carboxylic acids is 2. The first-order valence-electron chi connectivity index (χ1n) is 15.0. The average Bonchev–Trinajstić information content (AvgIpc) is 3.09. The van der Waals surface area contributed by atoms with Crippen molar-refractivity contribution < 1.29 is 32.2 Å². The number of ether oxygens (including phenoxy) is 3. The van der Waals surface area contributed by atoms with Gasteiger partial charge in [-0.25, -0.2) is 13.4 Å². The SMILES string of the molecule is COCOc1ccc(CCCS(=O)(=O)c2ccc(Cl)cc2)cc1N(CC(N)=O)C(=O)c1cccc(OCc2ccc3ccccc3n2)c1. The van der Waals surface area contributed by atoms with Gasteiger partial charge in [0.25, 0.3) is 5.91 Å². The number of carbonyl (C=O) groups is 2. The molecule has 0 aliphatic rings. The fourth-order valence-electron chi connectivity index (χ4n) is 5.04. The van der Waals surface area contributed by atoms with E-state index >= 15 is 0 Å². The Bertz CT molecular complexity index is 2020. The number of amides is 2. The van der Waals surface area contributed by atoms with Gasteiger partial charge < -0.3 is 19.9 Å². The van der Waals surface area contributed by atoms with E-state index in [-0.39, 0.29) is 41.0 Å². The highest BCUT2D eigenvalue weighted by Gasteiger charge is 2.24. The van der Waals surface area contributed by atoms with Crippen molar-refractivity contribution in [2.24, 2.45) is 5.73 Å². The fraction of sp³-hybridized carbons (Fsp3) is 0.194.